The molecule has 168 valence electrons. The van der Waals surface area contributed by atoms with Gasteiger partial charge in [0.1, 0.15) is 4.21 Å². The molecule has 0 atom stereocenters. The summed E-state index contributed by atoms with van der Waals surface area (Å²) in [5.41, 5.74) is 2.35. The van der Waals surface area contributed by atoms with Crippen molar-refractivity contribution in [1.82, 2.24) is 9.21 Å². The van der Waals surface area contributed by atoms with Crippen LogP contribution in [0.25, 0.3) is 0 Å². The zero-order valence-corrected chi connectivity index (χ0v) is 19.8. The van der Waals surface area contributed by atoms with E-state index < -0.39 is 10.0 Å². The van der Waals surface area contributed by atoms with Crippen molar-refractivity contribution in [2.24, 2.45) is 0 Å². The number of amides is 1. The van der Waals surface area contributed by atoms with Gasteiger partial charge in [-0.25, -0.2) is 8.42 Å². The summed E-state index contributed by atoms with van der Waals surface area (Å²) < 4.78 is 27.3. The van der Waals surface area contributed by atoms with Gasteiger partial charge in [0.05, 0.1) is 6.42 Å². The fourth-order valence-electron chi connectivity index (χ4n) is 4.26. The molecule has 0 bridgehead atoms. The highest BCUT2D eigenvalue weighted by Gasteiger charge is 2.28. The molecule has 2 saturated heterocycles. The Morgan fingerprint density at radius 1 is 0.935 bits per heavy atom. The summed E-state index contributed by atoms with van der Waals surface area (Å²) in [6.07, 6.45) is 5.88. The van der Waals surface area contributed by atoms with E-state index in [2.05, 4.69) is 29.2 Å². The van der Waals surface area contributed by atoms with E-state index in [1.165, 1.54) is 36.3 Å². The summed E-state index contributed by atoms with van der Waals surface area (Å²) >= 11 is 1.21. The van der Waals surface area contributed by atoms with Crippen molar-refractivity contribution in [2.45, 2.75) is 49.3 Å². The quantitative estimate of drug-likeness (QED) is 0.631. The fourth-order valence-corrected chi connectivity index (χ4v) is 7.28. The number of rotatable bonds is 7. The Hall–Kier alpha value is -1.90. The monoisotopic (exact) mass is 461 g/mol. The standard InChI is InChI=1S/C23H31N3O3S2/c1-24(18-19-7-9-20(10-8-19)25-13-3-2-4-14-25)22(27)17-21-11-12-23(30-21)31(28,29)26-15-5-6-16-26/h7-12H,2-6,13-18H2,1H3. The topological polar surface area (TPSA) is 60.9 Å². The number of benzene rings is 1. The van der Waals surface area contributed by atoms with E-state index in [4.69, 9.17) is 0 Å². The molecule has 31 heavy (non-hydrogen) atoms. The maximum absolute atomic E-state index is 12.7. The fraction of sp³-hybridized carbons (Fsp3) is 0.522. The molecule has 6 nitrogen and oxygen atoms in total. The first-order valence-electron chi connectivity index (χ1n) is 11.1. The van der Waals surface area contributed by atoms with Crippen molar-refractivity contribution >= 4 is 33.0 Å². The van der Waals surface area contributed by atoms with Gasteiger partial charge in [-0.05, 0) is 61.9 Å². The SMILES string of the molecule is CN(Cc1ccc(N2CCCCC2)cc1)C(=O)Cc1ccc(S(=O)(=O)N2CCCC2)s1. The first kappa shape index (κ1) is 22.3. The molecule has 0 radical (unpaired) electrons. The Morgan fingerprint density at radius 2 is 1.58 bits per heavy atom. The maximum atomic E-state index is 12.7. The number of likely N-dealkylation sites (N-methyl/N-ethyl adjacent to an activating group) is 1. The number of sulfonamides is 1. The minimum Gasteiger partial charge on any atom is -0.372 e. The molecular weight excluding hydrogens is 430 g/mol. The minimum absolute atomic E-state index is 0.00734. The Balaban J connectivity index is 1.33. The zero-order valence-electron chi connectivity index (χ0n) is 18.1. The molecule has 2 fully saturated rings. The van der Waals surface area contributed by atoms with Crippen LogP contribution >= 0.6 is 11.3 Å². The van der Waals surface area contributed by atoms with Crippen LogP contribution in [0.15, 0.2) is 40.6 Å². The molecule has 0 N–H and O–H groups in total. The van der Waals surface area contributed by atoms with Crippen molar-refractivity contribution in [1.29, 1.82) is 0 Å². The molecule has 1 aromatic heterocycles. The summed E-state index contributed by atoms with van der Waals surface area (Å²) in [5, 5.41) is 0. The van der Waals surface area contributed by atoms with Crippen molar-refractivity contribution < 1.29 is 13.2 Å². The van der Waals surface area contributed by atoms with Crippen LogP contribution in [0.2, 0.25) is 0 Å². The van der Waals surface area contributed by atoms with E-state index in [1.54, 1.807) is 28.4 Å². The molecule has 8 heteroatoms. The first-order chi connectivity index (χ1) is 14.9. The minimum atomic E-state index is -3.41. The molecule has 4 rings (SSSR count). The average Bonchev–Trinajstić information content (AvgIpc) is 3.48. The molecule has 0 aliphatic carbocycles. The molecule has 0 unspecified atom stereocenters. The van der Waals surface area contributed by atoms with Crippen LogP contribution in [0.5, 0.6) is 0 Å². The molecule has 2 aliphatic rings. The van der Waals surface area contributed by atoms with Gasteiger partial charge in [-0.15, -0.1) is 11.3 Å². The lowest BCUT2D eigenvalue weighted by Gasteiger charge is -2.29. The summed E-state index contributed by atoms with van der Waals surface area (Å²) in [6.45, 7) is 3.97. The van der Waals surface area contributed by atoms with Crippen molar-refractivity contribution in [2.75, 3.05) is 38.1 Å². The second-order valence-electron chi connectivity index (χ2n) is 8.47. The van der Waals surface area contributed by atoms with Gasteiger partial charge in [-0.2, -0.15) is 4.31 Å². The van der Waals surface area contributed by atoms with Crippen LogP contribution in [0.3, 0.4) is 0 Å². The number of carbonyl (C=O) groups excluding carboxylic acids is 1. The molecule has 1 aromatic carbocycles. The molecular formula is C23H31N3O3S2. The third-order valence-corrected chi connectivity index (χ3v) is 9.58. The Labute approximate surface area is 189 Å². The smallest absolute Gasteiger partial charge is 0.252 e. The number of thiophene rings is 1. The van der Waals surface area contributed by atoms with Gasteiger partial charge in [-0.1, -0.05) is 12.1 Å². The zero-order chi connectivity index (χ0) is 21.8. The Morgan fingerprint density at radius 3 is 2.26 bits per heavy atom. The predicted octanol–water partition coefficient (Wildman–Crippen LogP) is 3.72. The van der Waals surface area contributed by atoms with Crippen LogP contribution in [-0.4, -0.2) is 56.8 Å². The van der Waals surface area contributed by atoms with Crippen LogP contribution in [-0.2, 0) is 27.8 Å². The van der Waals surface area contributed by atoms with E-state index in [1.807, 2.05) is 0 Å². The van der Waals surface area contributed by atoms with E-state index >= 15 is 0 Å². The number of hydrogen-bond acceptors (Lipinski definition) is 5. The highest BCUT2D eigenvalue weighted by Crippen LogP contribution is 2.28. The van der Waals surface area contributed by atoms with Gasteiger partial charge in [0, 0.05) is 50.3 Å². The molecule has 2 aliphatic heterocycles. The summed E-state index contributed by atoms with van der Waals surface area (Å²) in [7, 11) is -1.61. The lowest BCUT2D eigenvalue weighted by Crippen LogP contribution is -2.29. The van der Waals surface area contributed by atoms with E-state index in [-0.39, 0.29) is 12.3 Å². The third-order valence-electron chi connectivity index (χ3n) is 6.12. The summed E-state index contributed by atoms with van der Waals surface area (Å²) in [5.74, 6) is -0.00734. The number of nitrogens with zero attached hydrogens (tertiary/aromatic N) is 3. The van der Waals surface area contributed by atoms with Crippen LogP contribution < -0.4 is 4.90 Å². The average molecular weight is 462 g/mol. The lowest BCUT2D eigenvalue weighted by atomic mass is 10.1. The maximum Gasteiger partial charge on any atom is 0.252 e. The first-order valence-corrected chi connectivity index (χ1v) is 13.4. The Bertz CT molecular complexity index is 989. The van der Waals surface area contributed by atoms with Crippen molar-refractivity contribution in [3.05, 3.63) is 46.8 Å². The predicted molar refractivity (Wildman–Crippen MR) is 125 cm³/mol. The highest BCUT2D eigenvalue weighted by molar-refractivity contribution is 7.91. The van der Waals surface area contributed by atoms with E-state index in [0.717, 1.165) is 36.4 Å². The van der Waals surface area contributed by atoms with Crippen LogP contribution in [0.4, 0.5) is 5.69 Å². The number of anilines is 1. The Kier molecular flexibility index (Phi) is 6.99. The van der Waals surface area contributed by atoms with Gasteiger partial charge in [-0.3, -0.25) is 4.79 Å². The van der Waals surface area contributed by atoms with Gasteiger partial charge < -0.3 is 9.80 Å². The van der Waals surface area contributed by atoms with Gasteiger partial charge in [0.15, 0.2) is 0 Å². The second kappa shape index (κ2) is 9.71. The van der Waals surface area contributed by atoms with Crippen LogP contribution in [0, 0.1) is 0 Å². The number of hydrogen-bond donors (Lipinski definition) is 0. The van der Waals surface area contributed by atoms with Crippen LogP contribution in [0.1, 0.15) is 42.5 Å². The number of carbonyl (C=O) groups is 1. The van der Waals surface area contributed by atoms with Crippen molar-refractivity contribution in [3.63, 3.8) is 0 Å². The summed E-state index contributed by atoms with van der Waals surface area (Å²) in [6, 6.07) is 11.9. The normalized spacial score (nSPS) is 17.8. The molecule has 1 amide bonds. The molecule has 2 aromatic rings. The molecule has 3 heterocycles. The summed E-state index contributed by atoms with van der Waals surface area (Å²) in [4.78, 5) is 17.6. The van der Waals surface area contributed by atoms with Crippen molar-refractivity contribution in [3.8, 4) is 0 Å². The highest BCUT2D eigenvalue weighted by atomic mass is 32.2. The molecule has 0 spiro atoms. The van der Waals surface area contributed by atoms with E-state index in [0.29, 0.717) is 23.8 Å². The van der Waals surface area contributed by atoms with Gasteiger partial charge >= 0.3 is 0 Å². The largest absolute Gasteiger partial charge is 0.372 e. The lowest BCUT2D eigenvalue weighted by molar-refractivity contribution is -0.129. The molecule has 0 saturated carbocycles. The van der Waals surface area contributed by atoms with E-state index in [9.17, 15) is 13.2 Å². The second-order valence-corrected chi connectivity index (χ2v) is 11.8. The van der Waals surface area contributed by atoms with Gasteiger partial charge in [0.25, 0.3) is 10.0 Å². The number of piperidine rings is 1. The van der Waals surface area contributed by atoms with Gasteiger partial charge in [0.2, 0.25) is 5.91 Å². The third kappa shape index (κ3) is 5.30.